The average Bonchev–Trinajstić information content (AvgIpc) is 2.01. The second-order valence-electron chi connectivity index (χ2n) is 5.06. The molecule has 0 aromatic carbocycles. The van der Waals surface area contributed by atoms with E-state index in [-0.39, 0.29) is 5.41 Å². The summed E-state index contributed by atoms with van der Waals surface area (Å²) in [6, 6.07) is 0. The fraction of sp³-hybridized carbons (Fsp3) is 0.615. The molecule has 0 saturated carbocycles. The van der Waals surface area contributed by atoms with Crippen LogP contribution in [0.1, 0.15) is 27.7 Å². The zero-order valence-electron chi connectivity index (χ0n) is 11.2. The van der Waals surface area contributed by atoms with E-state index in [0.29, 0.717) is 0 Å². The van der Waals surface area contributed by atoms with Gasteiger partial charge in [-0.05, 0) is 18.6 Å². The molecule has 0 radical (unpaired) electrons. The molecule has 0 amide bonds. The Morgan fingerprint density at radius 1 is 1.27 bits per heavy atom. The van der Waals surface area contributed by atoms with Crippen molar-refractivity contribution in [2.45, 2.75) is 27.7 Å². The smallest absolute Gasteiger partial charge is 0.0418 e. The average molecular weight is 208 g/mol. The predicted molar refractivity (Wildman–Crippen MR) is 69.4 cm³/mol. The molecule has 2 heteroatoms. The van der Waals surface area contributed by atoms with E-state index in [0.717, 1.165) is 17.0 Å². The third-order valence-electron chi connectivity index (χ3n) is 2.20. The highest BCUT2D eigenvalue weighted by Gasteiger charge is 2.17. The highest BCUT2D eigenvalue weighted by molar-refractivity contribution is 5.99. The predicted octanol–water partition coefficient (Wildman–Crippen LogP) is 3.12. The minimum Gasteiger partial charge on any atom is -0.377 e. The Labute approximate surface area is 94.4 Å². The number of rotatable bonds is 3. The van der Waals surface area contributed by atoms with Gasteiger partial charge in [-0.2, -0.15) is 0 Å². The van der Waals surface area contributed by atoms with Gasteiger partial charge in [0.1, 0.15) is 0 Å². The molecule has 0 fully saturated rings. The van der Waals surface area contributed by atoms with Crippen LogP contribution in [0.3, 0.4) is 0 Å². The number of aliphatic imine (C=N–C) groups is 1. The lowest BCUT2D eigenvalue weighted by atomic mass is 9.89. The Bertz CT molecular complexity index is 288. The molecule has 0 aliphatic heterocycles. The van der Waals surface area contributed by atoms with E-state index in [9.17, 15) is 0 Å². The zero-order valence-corrected chi connectivity index (χ0v) is 11.2. The van der Waals surface area contributed by atoms with Crippen LogP contribution < -0.4 is 0 Å². The SMILES string of the molecule is C=C(C)/C(=C/C(=NC)C(C)(C)C)N(C)C. The first-order chi connectivity index (χ1) is 6.70. The molecular formula is C13H24N2. The van der Waals surface area contributed by atoms with Crippen molar-refractivity contribution in [3.05, 3.63) is 23.9 Å². The standard InChI is InChI=1S/C13H24N2/c1-10(2)11(15(7)8)9-12(14-6)13(3,4)5/h9H,1H2,2-8H3/b11-9-,14-12?. The summed E-state index contributed by atoms with van der Waals surface area (Å²) in [7, 11) is 5.88. The summed E-state index contributed by atoms with van der Waals surface area (Å²) in [6.07, 6.45) is 2.11. The van der Waals surface area contributed by atoms with Crippen LogP contribution in [0.4, 0.5) is 0 Å². The van der Waals surface area contributed by atoms with Gasteiger partial charge < -0.3 is 4.90 Å². The Morgan fingerprint density at radius 2 is 1.73 bits per heavy atom. The van der Waals surface area contributed by atoms with Gasteiger partial charge >= 0.3 is 0 Å². The molecule has 0 rings (SSSR count). The first-order valence-corrected chi connectivity index (χ1v) is 5.22. The summed E-state index contributed by atoms with van der Waals surface area (Å²) in [5.41, 5.74) is 3.36. The van der Waals surface area contributed by atoms with Gasteiger partial charge in [0, 0.05) is 38.0 Å². The van der Waals surface area contributed by atoms with Gasteiger partial charge in [-0.3, -0.25) is 4.99 Å². The highest BCUT2D eigenvalue weighted by Crippen LogP contribution is 2.20. The summed E-state index contributed by atoms with van der Waals surface area (Å²) in [5.74, 6) is 0. The minimum absolute atomic E-state index is 0.0749. The first kappa shape index (κ1) is 13.9. The van der Waals surface area contributed by atoms with Crippen LogP contribution in [-0.2, 0) is 0 Å². The van der Waals surface area contributed by atoms with Crippen molar-refractivity contribution < 1.29 is 0 Å². The van der Waals surface area contributed by atoms with Crippen LogP contribution in [0.15, 0.2) is 28.9 Å². The normalized spacial score (nSPS) is 14.1. The van der Waals surface area contributed by atoms with E-state index in [1.807, 2.05) is 28.1 Å². The Morgan fingerprint density at radius 3 is 1.93 bits per heavy atom. The summed E-state index contributed by atoms with van der Waals surface area (Å²) in [6.45, 7) is 12.5. The summed E-state index contributed by atoms with van der Waals surface area (Å²) in [5, 5.41) is 0. The number of hydrogen-bond donors (Lipinski definition) is 0. The van der Waals surface area contributed by atoms with E-state index in [1.165, 1.54) is 0 Å². The van der Waals surface area contributed by atoms with Crippen LogP contribution in [-0.4, -0.2) is 31.8 Å². The molecule has 0 aromatic rings. The van der Waals surface area contributed by atoms with Gasteiger partial charge in [0.15, 0.2) is 0 Å². The topological polar surface area (TPSA) is 15.6 Å². The van der Waals surface area contributed by atoms with Crippen molar-refractivity contribution in [1.82, 2.24) is 4.90 Å². The van der Waals surface area contributed by atoms with E-state index < -0.39 is 0 Å². The molecule has 0 atom stereocenters. The first-order valence-electron chi connectivity index (χ1n) is 5.22. The van der Waals surface area contributed by atoms with Crippen molar-refractivity contribution in [3.63, 3.8) is 0 Å². The van der Waals surface area contributed by atoms with Crippen LogP contribution in [0.2, 0.25) is 0 Å². The number of likely N-dealkylation sites (N-methyl/N-ethyl adjacent to an activating group) is 1. The van der Waals surface area contributed by atoms with Crippen molar-refractivity contribution >= 4 is 5.71 Å². The lowest BCUT2D eigenvalue weighted by Crippen LogP contribution is -2.21. The van der Waals surface area contributed by atoms with E-state index in [2.05, 4.69) is 43.3 Å². The van der Waals surface area contributed by atoms with Gasteiger partial charge in [-0.15, -0.1) is 0 Å². The second kappa shape index (κ2) is 5.15. The fourth-order valence-corrected chi connectivity index (χ4v) is 1.38. The third-order valence-corrected chi connectivity index (χ3v) is 2.20. The summed E-state index contributed by atoms with van der Waals surface area (Å²) >= 11 is 0. The van der Waals surface area contributed by atoms with Crippen molar-refractivity contribution in [2.24, 2.45) is 10.4 Å². The van der Waals surface area contributed by atoms with E-state index >= 15 is 0 Å². The van der Waals surface area contributed by atoms with E-state index in [1.54, 1.807) is 0 Å². The van der Waals surface area contributed by atoms with Gasteiger partial charge in [0.05, 0.1) is 0 Å². The van der Waals surface area contributed by atoms with E-state index in [4.69, 9.17) is 0 Å². The van der Waals surface area contributed by atoms with Crippen LogP contribution in [0.25, 0.3) is 0 Å². The summed E-state index contributed by atoms with van der Waals surface area (Å²) < 4.78 is 0. The van der Waals surface area contributed by atoms with Gasteiger partial charge in [0.2, 0.25) is 0 Å². The maximum absolute atomic E-state index is 4.34. The van der Waals surface area contributed by atoms with Crippen LogP contribution in [0, 0.1) is 5.41 Å². The second-order valence-corrected chi connectivity index (χ2v) is 5.06. The van der Waals surface area contributed by atoms with Gasteiger partial charge in [-0.25, -0.2) is 0 Å². The minimum atomic E-state index is 0.0749. The summed E-state index contributed by atoms with van der Waals surface area (Å²) in [4.78, 5) is 6.41. The zero-order chi connectivity index (χ0) is 12.2. The van der Waals surface area contributed by atoms with Crippen LogP contribution in [0.5, 0.6) is 0 Å². The molecule has 0 aliphatic rings. The van der Waals surface area contributed by atoms with Gasteiger partial charge in [0.25, 0.3) is 0 Å². The van der Waals surface area contributed by atoms with Crippen LogP contribution >= 0.6 is 0 Å². The maximum atomic E-state index is 4.34. The Kier molecular flexibility index (Phi) is 4.79. The highest BCUT2D eigenvalue weighted by atomic mass is 15.1. The maximum Gasteiger partial charge on any atom is 0.0418 e. The van der Waals surface area contributed by atoms with Crippen molar-refractivity contribution in [1.29, 1.82) is 0 Å². The third kappa shape index (κ3) is 4.32. The number of nitrogens with zero attached hydrogens (tertiary/aromatic N) is 2. The molecule has 86 valence electrons. The van der Waals surface area contributed by atoms with Crippen molar-refractivity contribution in [2.75, 3.05) is 21.1 Å². The lowest BCUT2D eigenvalue weighted by molar-refractivity contribution is 0.520. The molecular weight excluding hydrogens is 184 g/mol. The molecule has 0 N–H and O–H groups in total. The molecule has 0 spiro atoms. The molecule has 0 aromatic heterocycles. The molecule has 0 unspecified atom stereocenters. The fourth-order valence-electron chi connectivity index (χ4n) is 1.38. The number of allylic oxidation sites excluding steroid dienone is 2. The van der Waals surface area contributed by atoms with Crippen molar-refractivity contribution in [3.8, 4) is 0 Å². The molecule has 0 saturated heterocycles. The molecule has 2 nitrogen and oxygen atoms in total. The largest absolute Gasteiger partial charge is 0.377 e. The number of hydrogen-bond acceptors (Lipinski definition) is 2. The van der Waals surface area contributed by atoms with Gasteiger partial charge in [-0.1, -0.05) is 27.4 Å². The molecule has 0 aliphatic carbocycles. The Balaban J connectivity index is 5.23. The molecule has 0 bridgehead atoms. The molecule has 15 heavy (non-hydrogen) atoms. The molecule has 0 heterocycles. The quantitative estimate of drug-likeness (QED) is 0.514. The Hall–Kier alpha value is -1.05. The lowest BCUT2D eigenvalue weighted by Gasteiger charge is -2.23. The monoisotopic (exact) mass is 208 g/mol.